The van der Waals surface area contributed by atoms with E-state index in [2.05, 4.69) is 4.98 Å². The number of halogens is 2. The van der Waals surface area contributed by atoms with Crippen molar-refractivity contribution in [3.05, 3.63) is 57.9 Å². The monoisotopic (exact) mass is 349 g/mol. The lowest BCUT2D eigenvalue weighted by molar-refractivity contribution is -0.709. The molecule has 134 valence electrons. The van der Waals surface area contributed by atoms with Gasteiger partial charge < -0.3 is 10.3 Å². The molecule has 4 nitrogen and oxygen atoms in total. The molecule has 0 aliphatic heterocycles. The Kier molecular flexibility index (Phi) is 5.52. The minimum Gasteiger partial charge on any atom is -0.355 e. The molecular weight excluding hydrogens is 326 g/mol. The maximum Gasteiger partial charge on any atom is 0.235 e. The van der Waals surface area contributed by atoms with Gasteiger partial charge in [0.25, 0.3) is 0 Å². The number of nitrogens with one attached hydrogen (secondary N) is 1. The van der Waals surface area contributed by atoms with Crippen molar-refractivity contribution < 1.29 is 23.7 Å². The molecule has 0 unspecified atom stereocenters. The molecule has 0 aliphatic rings. The standard InChI is InChI=1S/C19H22F2N2O2/c1-9-17(13(5)24)11(3)23-18(9)19(25)12(4)22-10(2)15-7-6-14(20)8-16(15)21/h6-8,10,12,22-23H,1-5H3/p+1/t10-,12+/m1/s1. The van der Waals surface area contributed by atoms with Crippen LogP contribution in [0.1, 0.15) is 64.5 Å². The lowest BCUT2D eigenvalue weighted by Crippen LogP contribution is -2.91. The summed E-state index contributed by atoms with van der Waals surface area (Å²) in [5.41, 5.74) is 2.57. The first-order valence-corrected chi connectivity index (χ1v) is 8.17. The van der Waals surface area contributed by atoms with E-state index in [1.807, 2.05) is 0 Å². The van der Waals surface area contributed by atoms with Crippen LogP contribution in [0.5, 0.6) is 0 Å². The van der Waals surface area contributed by atoms with Gasteiger partial charge in [0, 0.05) is 22.9 Å². The molecule has 25 heavy (non-hydrogen) atoms. The molecule has 0 saturated carbocycles. The summed E-state index contributed by atoms with van der Waals surface area (Å²) in [6, 6.07) is 2.58. The first-order valence-electron chi connectivity index (χ1n) is 8.17. The van der Waals surface area contributed by atoms with Gasteiger partial charge in [-0.15, -0.1) is 0 Å². The van der Waals surface area contributed by atoms with Crippen molar-refractivity contribution >= 4 is 11.6 Å². The molecule has 1 aromatic carbocycles. The van der Waals surface area contributed by atoms with Crippen LogP contribution in [-0.4, -0.2) is 22.6 Å². The zero-order chi connectivity index (χ0) is 18.9. The highest BCUT2D eigenvalue weighted by atomic mass is 19.1. The minimum absolute atomic E-state index is 0.0938. The van der Waals surface area contributed by atoms with Crippen molar-refractivity contribution in [2.45, 2.75) is 46.7 Å². The van der Waals surface area contributed by atoms with Crippen LogP contribution in [0.3, 0.4) is 0 Å². The van der Waals surface area contributed by atoms with Gasteiger partial charge in [0.1, 0.15) is 23.7 Å². The van der Waals surface area contributed by atoms with Gasteiger partial charge in [-0.3, -0.25) is 9.59 Å². The smallest absolute Gasteiger partial charge is 0.235 e. The zero-order valence-corrected chi connectivity index (χ0v) is 15.0. The van der Waals surface area contributed by atoms with Crippen LogP contribution < -0.4 is 5.32 Å². The number of quaternary nitrogens is 1. The summed E-state index contributed by atoms with van der Waals surface area (Å²) in [6.45, 7) is 8.44. The number of hydrogen-bond acceptors (Lipinski definition) is 2. The van der Waals surface area contributed by atoms with E-state index in [4.69, 9.17) is 0 Å². The lowest BCUT2D eigenvalue weighted by atomic mass is 10.0. The van der Waals surface area contributed by atoms with Crippen molar-refractivity contribution in [1.29, 1.82) is 0 Å². The number of hydrogen-bond donors (Lipinski definition) is 2. The number of ketones is 2. The van der Waals surface area contributed by atoms with Crippen molar-refractivity contribution in [2.75, 3.05) is 0 Å². The second-order valence-electron chi connectivity index (χ2n) is 6.48. The Bertz CT molecular complexity index is 827. The van der Waals surface area contributed by atoms with Gasteiger partial charge in [0.2, 0.25) is 5.78 Å². The van der Waals surface area contributed by atoms with Crippen molar-refractivity contribution in [3.8, 4) is 0 Å². The van der Waals surface area contributed by atoms with Crippen LogP contribution in [0.4, 0.5) is 8.78 Å². The number of Topliss-reactive ketones (excluding diaryl/α,β-unsaturated/α-hetero) is 2. The van der Waals surface area contributed by atoms with Crippen molar-refractivity contribution in [2.24, 2.45) is 0 Å². The molecule has 0 radical (unpaired) electrons. The Hall–Kier alpha value is -2.34. The fourth-order valence-electron chi connectivity index (χ4n) is 3.25. The van der Waals surface area contributed by atoms with E-state index in [0.29, 0.717) is 28.1 Å². The summed E-state index contributed by atoms with van der Waals surface area (Å²) < 4.78 is 26.9. The van der Waals surface area contributed by atoms with E-state index in [9.17, 15) is 18.4 Å². The normalized spacial score (nSPS) is 13.6. The van der Waals surface area contributed by atoms with Gasteiger partial charge in [-0.2, -0.15) is 0 Å². The fourth-order valence-corrected chi connectivity index (χ4v) is 3.25. The van der Waals surface area contributed by atoms with Gasteiger partial charge in [0.15, 0.2) is 5.78 Å². The molecule has 2 rings (SSSR count). The maximum atomic E-state index is 13.9. The summed E-state index contributed by atoms with van der Waals surface area (Å²) in [5, 5.41) is 1.72. The first-order chi connectivity index (χ1) is 11.6. The topological polar surface area (TPSA) is 66.5 Å². The molecule has 6 heteroatoms. The number of H-pyrrole nitrogens is 1. The van der Waals surface area contributed by atoms with E-state index in [0.717, 1.165) is 6.07 Å². The predicted molar refractivity (Wildman–Crippen MR) is 90.8 cm³/mol. The van der Waals surface area contributed by atoms with E-state index in [1.54, 1.807) is 33.0 Å². The van der Waals surface area contributed by atoms with Gasteiger partial charge >= 0.3 is 0 Å². The molecule has 3 N–H and O–H groups in total. The molecule has 0 amide bonds. The van der Waals surface area contributed by atoms with Crippen LogP contribution in [0.25, 0.3) is 0 Å². The third-order valence-corrected chi connectivity index (χ3v) is 4.48. The van der Waals surface area contributed by atoms with E-state index < -0.39 is 17.7 Å². The summed E-state index contributed by atoms with van der Waals surface area (Å²) in [4.78, 5) is 27.4. The molecule has 0 saturated heterocycles. The number of aromatic nitrogens is 1. The van der Waals surface area contributed by atoms with Gasteiger partial charge in [-0.25, -0.2) is 8.78 Å². The number of carbonyl (C=O) groups is 2. The highest BCUT2D eigenvalue weighted by molar-refractivity contribution is 6.04. The Balaban J connectivity index is 2.20. The van der Waals surface area contributed by atoms with Crippen molar-refractivity contribution in [1.82, 2.24) is 4.98 Å². The lowest BCUT2D eigenvalue weighted by Gasteiger charge is -2.17. The van der Waals surface area contributed by atoms with Crippen LogP contribution in [0.15, 0.2) is 18.2 Å². The quantitative estimate of drug-likeness (QED) is 0.787. The van der Waals surface area contributed by atoms with Crippen LogP contribution in [-0.2, 0) is 0 Å². The van der Waals surface area contributed by atoms with E-state index >= 15 is 0 Å². The first kappa shape index (κ1) is 19.0. The number of rotatable bonds is 6. The summed E-state index contributed by atoms with van der Waals surface area (Å²) >= 11 is 0. The Morgan fingerprint density at radius 1 is 1.16 bits per heavy atom. The zero-order valence-electron chi connectivity index (χ0n) is 15.0. The van der Waals surface area contributed by atoms with E-state index in [-0.39, 0.29) is 17.6 Å². The highest BCUT2D eigenvalue weighted by Crippen LogP contribution is 2.20. The Morgan fingerprint density at radius 3 is 2.32 bits per heavy atom. The van der Waals surface area contributed by atoms with Crippen LogP contribution >= 0.6 is 0 Å². The van der Waals surface area contributed by atoms with E-state index in [1.165, 1.54) is 19.1 Å². The predicted octanol–water partition coefficient (Wildman–Crippen LogP) is 3.01. The molecule has 0 bridgehead atoms. The Labute approximate surface area is 145 Å². The number of aryl methyl sites for hydroxylation is 1. The molecule has 0 aliphatic carbocycles. The minimum atomic E-state index is -0.633. The van der Waals surface area contributed by atoms with Crippen LogP contribution in [0.2, 0.25) is 0 Å². The van der Waals surface area contributed by atoms with Crippen LogP contribution in [0, 0.1) is 25.5 Å². The fraction of sp³-hybridized carbons (Fsp3) is 0.368. The second-order valence-corrected chi connectivity index (χ2v) is 6.48. The third-order valence-electron chi connectivity index (χ3n) is 4.48. The summed E-state index contributed by atoms with van der Waals surface area (Å²) in [5.74, 6) is -1.52. The number of nitrogens with two attached hydrogens (primary N) is 1. The molecule has 0 spiro atoms. The Morgan fingerprint density at radius 2 is 1.80 bits per heavy atom. The highest BCUT2D eigenvalue weighted by Gasteiger charge is 2.27. The largest absolute Gasteiger partial charge is 0.355 e. The molecule has 0 fully saturated rings. The van der Waals surface area contributed by atoms with Gasteiger partial charge in [0.05, 0.1) is 5.69 Å². The molecular formula is C19H23F2N2O2+. The number of carbonyl (C=O) groups excluding carboxylic acids is 2. The average Bonchev–Trinajstić information content (AvgIpc) is 2.80. The molecule has 1 heterocycles. The second kappa shape index (κ2) is 7.27. The average molecular weight is 349 g/mol. The van der Waals surface area contributed by atoms with Gasteiger partial charge in [-0.1, -0.05) is 0 Å². The van der Waals surface area contributed by atoms with Crippen molar-refractivity contribution in [3.63, 3.8) is 0 Å². The third kappa shape index (κ3) is 3.85. The molecule has 2 atom stereocenters. The summed E-state index contributed by atoms with van der Waals surface area (Å²) in [6.07, 6.45) is 0. The molecule has 1 aromatic heterocycles. The summed E-state index contributed by atoms with van der Waals surface area (Å²) in [7, 11) is 0. The van der Waals surface area contributed by atoms with Gasteiger partial charge in [-0.05, 0) is 52.3 Å². The maximum absolute atomic E-state index is 13.9. The molecule has 2 aromatic rings. The number of aromatic amines is 1. The number of benzene rings is 1. The SMILES string of the molecule is CC(=O)c1c(C)[nH]c(C(=O)[C@H](C)[NH2+][C@H](C)c2ccc(F)cc2F)c1C.